The summed E-state index contributed by atoms with van der Waals surface area (Å²) in [5, 5.41) is 0. The minimum Gasteiger partial charge on any atom is -0.478 e. The van der Waals surface area contributed by atoms with E-state index >= 15 is 0 Å². The molecule has 1 aromatic carbocycles. The average molecular weight is 285 g/mol. The SMILES string of the molecule is CCOc1nc(=O)[nH]c2c1CN(Cc1ccccc1)CC2. The van der Waals surface area contributed by atoms with Gasteiger partial charge in [0.2, 0.25) is 5.88 Å². The zero-order valence-electron chi connectivity index (χ0n) is 12.1. The average Bonchev–Trinajstić information content (AvgIpc) is 2.49. The van der Waals surface area contributed by atoms with Gasteiger partial charge in [0.25, 0.3) is 0 Å². The van der Waals surface area contributed by atoms with Crippen LogP contribution in [0.25, 0.3) is 0 Å². The summed E-state index contributed by atoms with van der Waals surface area (Å²) in [6.07, 6.45) is 0.819. The van der Waals surface area contributed by atoms with Crippen LogP contribution in [-0.2, 0) is 19.5 Å². The molecule has 5 nitrogen and oxygen atoms in total. The maximum atomic E-state index is 11.5. The van der Waals surface area contributed by atoms with Crippen molar-refractivity contribution < 1.29 is 4.74 Å². The van der Waals surface area contributed by atoms with Crippen molar-refractivity contribution >= 4 is 0 Å². The summed E-state index contributed by atoms with van der Waals surface area (Å²) in [7, 11) is 0. The number of benzene rings is 1. The first-order valence-corrected chi connectivity index (χ1v) is 7.27. The molecule has 0 unspecified atom stereocenters. The van der Waals surface area contributed by atoms with Gasteiger partial charge in [-0.25, -0.2) is 4.79 Å². The van der Waals surface area contributed by atoms with Gasteiger partial charge in [-0.3, -0.25) is 4.90 Å². The van der Waals surface area contributed by atoms with Crippen LogP contribution < -0.4 is 10.4 Å². The number of ether oxygens (including phenoxy) is 1. The van der Waals surface area contributed by atoms with Crippen molar-refractivity contribution in [3.63, 3.8) is 0 Å². The maximum Gasteiger partial charge on any atom is 0.348 e. The second kappa shape index (κ2) is 6.10. The van der Waals surface area contributed by atoms with Gasteiger partial charge in [0.15, 0.2) is 0 Å². The van der Waals surface area contributed by atoms with Gasteiger partial charge in [0.1, 0.15) is 0 Å². The summed E-state index contributed by atoms with van der Waals surface area (Å²) in [4.78, 5) is 20.7. The monoisotopic (exact) mass is 285 g/mol. The molecule has 0 radical (unpaired) electrons. The highest BCUT2D eigenvalue weighted by atomic mass is 16.5. The van der Waals surface area contributed by atoms with E-state index in [-0.39, 0.29) is 5.69 Å². The van der Waals surface area contributed by atoms with Crippen LogP contribution in [0.5, 0.6) is 5.88 Å². The number of hydrogen-bond acceptors (Lipinski definition) is 4. The summed E-state index contributed by atoms with van der Waals surface area (Å²) < 4.78 is 5.53. The lowest BCUT2D eigenvalue weighted by Gasteiger charge is -2.29. The van der Waals surface area contributed by atoms with Crippen LogP contribution in [0.1, 0.15) is 23.7 Å². The number of H-pyrrole nitrogens is 1. The van der Waals surface area contributed by atoms with Crippen LogP contribution in [0.15, 0.2) is 35.1 Å². The predicted octanol–water partition coefficient (Wildman–Crippen LogP) is 1.73. The van der Waals surface area contributed by atoms with Gasteiger partial charge in [-0.2, -0.15) is 4.98 Å². The summed E-state index contributed by atoms with van der Waals surface area (Å²) in [6, 6.07) is 10.4. The summed E-state index contributed by atoms with van der Waals surface area (Å²) >= 11 is 0. The number of aromatic nitrogens is 2. The lowest BCUT2D eigenvalue weighted by Crippen LogP contribution is -2.33. The van der Waals surface area contributed by atoms with Crippen molar-refractivity contribution in [1.29, 1.82) is 0 Å². The third-order valence-electron chi connectivity index (χ3n) is 3.67. The van der Waals surface area contributed by atoms with E-state index in [0.29, 0.717) is 12.5 Å². The molecule has 0 fully saturated rings. The summed E-state index contributed by atoms with van der Waals surface area (Å²) in [6.45, 7) is 4.99. The van der Waals surface area contributed by atoms with Crippen molar-refractivity contribution in [2.75, 3.05) is 13.2 Å². The Morgan fingerprint density at radius 3 is 2.90 bits per heavy atom. The molecule has 21 heavy (non-hydrogen) atoms. The number of fused-ring (bicyclic) bond motifs is 1. The highest BCUT2D eigenvalue weighted by molar-refractivity contribution is 5.32. The minimum atomic E-state index is -0.325. The van der Waals surface area contributed by atoms with Crippen LogP contribution in [0, 0.1) is 0 Å². The fourth-order valence-electron chi connectivity index (χ4n) is 2.70. The van der Waals surface area contributed by atoms with Gasteiger partial charge in [0, 0.05) is 37.3 Å². The molecule has 0 aliphatic carbocycles. The highest BCUT2D eigenvalue weighted by Gasteiger charge is 2.22. The molecule has 0 amide bonds. The van der Waals surface area contributed by atoms with Crippen LogP contribution in [-0.4, -0.2) is 28.0 Å². The van der Waals surface area contributed by atoms with Gasteiger partial charge < -0.3 is 9.72 Å². The van der Waals surface area contributed by atoms with Crippen LogP contribution in [0.4, 0.5) is 0 Å². The van der Waals surface area contributed by atoms with E-state index in [1.807, 2.05) is 13.0 Å². The van der Waals surface area contributed by atoms with Crippen molar-refractivity contribution in [3.8, 4) is 5.88 Å². The molecule has 1 aliphatic heterocycles. The zero-order chi connectivity index (χ0) is 14.7. The van der Waals surface area contributed by atoms with Gasteiger partial charge in [-0.15, -0.1) is 0 Å². The Labute approximate surface area is 123 Å². The lowest BCUT2D eigenvalue weighted by atomic mass is 10.1. The molecule has 1 N–H and O–H groups in total. The fraction of sp³-hybridized carbons (Fsp3) is 0.375. The first-order valence-electron chi connectivity index (χ1n) is 7.27. The molecule has 3 rings (SSSR count). The maximum absolute atomic E-state index is 11.5. The smallest absolute Gasteiger partial charge is 0.348 e. The first-order chi connectivity index (χ1) is 10.3. The third kappa shape index (κ3) is 3.13. The zero-order valence-corrected chi connectivity index (χ0v) is 12.1. The molecule has 0 saturated carbocycles. The standard InChI is InChI=1S/C16H19N3O2/c1-2-21-15-13-11-19(10-12-6-4-3-5-7-12)9-8-14(13)17-16(20)18-15/h3-7H,2,8-11H2,1H3,(H,17,18,20). The lowest BCUT2D eigenvalue weighted by molar-refractivity contribution is 0.231. The van der Waals surface area contributed by atoms with E-state index in [4.69, 9.17) is 4.74 Å². The molecule has 2 aromatic rings. The number of nitrogens with zero attached hydrogens (tertiary/aromatic N) is 2. The molecule has 0 atom stereocenters. The molecular weight excluding hydrogens is 266 g/mol. The van der Waals surface area contributed by atoms with E-state index in [0.717, 1.165) is 37.3 Å². The van der Waals surface area contributed by atoms with Crippen molar-refractivity contribution in [1.82, 2.24) is 14.9 Å². The Bertz CT molecular complexity index is 667. The first kappa shape index (κ1) is 13.8. The van der Waals surface area contributed by atoms with E-state index in [1.54, 1.807) is 0 Å². The number of rotatable bonds is 4. The van der Waals surface area contributed by atoms with Gasteiger partial charge in [0.05, 0.1) is 6.61 Å². The quantitative estimate of drug-likeness (QED) is 0.929. The van der Waals surface area contributed by atoms with Crippen molar-refractivity contribution in [3.05, 3.63) is 57.6 Å². The molecule has 2 heterocycles. The minimum absolute atomic E-state index is 0.325. The molecular formula is C16H19N3O2. The molecule has 0 bridgehead atoms. The largest absolute Gasteiger partial charge is 0.478 e. The predicted molar refractivity (Wildman–Crippen MR) is 80.3 cm³/mol. The van der Waals surface area contributed by atoms with Gasteiger partial charge in [-0.1, -0.05) is 30.3 Å². The number of aromatic amines is 1. The van der Waals surface area contributed by atoms with Gasteiger partial charge in [-0.05, 0) is 12.5 Å². The van der Waals surface area contributed by atoms with E-state index < -0.39 is 0 Å². The van der Waals surface area contributed by atoms with E-state index in [2.05, 4.69) is 39.1 Å². The van der Waals surface area contributed by atoms with Crippen molar-refractivity contribution in [2.45, 2.75) is 26.4 Å². The van der Waals surface area contributed by atoms with Crippen LogP contribution in [0.2, 0.25) is 0 Å². The Kier molecular flexibility index (Phi) is 4.01. The molecule has 1 aliphatic rings. The molecule has 1 aromatic heterocycles. The molecule has 5 heteroatoms. The molecule has 0 saturated heterocycles. The molecule has 110 valence electrons. The van der Waals surface area contributed by atoms with Crippen LogP contribution >= 0.6 is 0 Å². The number of nitrogens with one attached hydrogen (secondary N) is 1. The van der Waals surface area contributed by atoms with Crippen LogP contribution in [0.3, 0.4) is 0 Å². The Hall–Kier alpha value is -2.14. The second-order valence-electron chi connectivity index (χ2n) is 5.18. The highest BCUT2D eigenvalue weighted by Crippen LogP contribution is 2.24. The Balaban J connectivity index is 1.82. The van der Waals surface area contributed by atoms with E-state index in [9.17, 15) is 4.79 Å². The van der Waals surface area contributed by atoms with Crippen molar-refractivity contribution in [2.24, 2.45) is 0 Å². The summed E-state index contributed by atoms with van der Waals surface area (Å²) in [5.74, 6) is 0.481. The van der Waals surface area contributed by atoms with Gasteiger partial charge >= 0.3 is 5.69 Å². The Morgan fingerprint density at radius 2 is 2.14 bits per heavy atom. The van der Waals surface area contributed by atoms with E-state index in [1.165, 1.54) is 5.56 Å². The summed E-state index contributed by atoms with van der Waals surface area (Å²) in [5.41, 5.74) is 2.94. The fourth-order valence-corrected chi connectivity index (χ4v) is 2.70. The molecule has 0 spiro atoms. The number of hydrogen-bond donors (Lipinski definition) is 1. The normalized spacial score (nSPS) is 14.7. The second-order valence-corrected chi connectivity index (χ2v) is 5.18. The Morgan fingerprint density at radius 1 is 1.33 bits per heavy atom. The topological polar surface area (TPSA) is 58.2 Å². The third-order valence-corrected chi connectivity index (χ3v) is 3.67.